The van der Waals surface area contributed by atoms with Crippen molar-refractivity contribution in [3.05, 3.63) is 29.8 Å². The fourth-order valence-electron chi connectivity index (χ4n) is 1.80. The second kappa shape index (κ2) is 6.54. The third-order valence-electron chi connectivity index (χ3n) is 2.70. The van der Waals surface area contributed by atoms with E-state index in [1.807, 2.05) is 13.8 Å². The SMILES string of the molecule is COCC(C)(C)NC(=O)[C@H](N)Cc1ccc(O)cc1. The smallest absolute Gasteiger partial charge is 0.237 e. The van der Waals surface area contributed by atoms with E-state index < -0.39 is 11.6 Å². The van der Waals surface area contributed by atoms with E-state index in [9.17, 15) is 9.90 Å². The van der Waals surface area contributed by atoms with Crippen molar-refractivity contribution in [1.82, 2.24) is 5.32 Å². The summed E-state index contributed by atoms with van der Waals surface area (Å²) >= 11 is 0. The van der Waals surface area contributed by atoms with Crippen LogP contribution in [0.2, 0.25) is 0 Å². The van der Waals surface area contributed by atoms with Crippen molar-refractivity contribution in [1.29, 1.82) is 0 Å². The molecular weight excluding hydrogens is 244 g/mol. The molecule has 0 aliphatic heterocycles. The van der Waals surface area contributed by atoms with Crippen molar-refractivity contribution in [3.8, 4) is 5.75 Å². The number of rotatable bonds is 6. The Morgan fingerprint density at radius 2 is 2.00 bits per heavy atom. The van der Waals surface area contributed by atoms with Crippen molar-refractivity contribution < 1.29 is 14.6 Å². The van der Waals surface area contributed by atoms with Gasteiger partial charge >= 0.3 is 0 Å². The zero-order chi connectivity index (χ0) is 14.5. The lowest BCUT2D eigenvalue weighted by Crippen LogP contribution is -2.53. The number of phenols is 1. The van der Waals surface area contributed by atoms with E-state index in [-0.39, 0.29) is 11.7 Å². The average Bonchev–Trinajstić information content (AvgIpc) is 2.31. The minimum absolute atomic E-state index is 0.197. The number of carbonyl (C=O) groups is 1. The molecule has 1 atom stereocenters. The molecule has 1 aromatic carbocycles. The Hall–Kier alpha value is -1.59. The Morgan fingerprint density at radius 1 is 1.42 bits per heavy atom. The molecule has 0 heterocycles. The molecule has 0 unspecified atom stereocenters. The lowest BCUT2D eigenvalue weighted by molar-refractivity contribution is -0.124. The third kappa shape index (κ3) is 5.28. The van der Waals surface area contributed by atoms with Gasteiger partial charge in [0.05, 0.1) is 18.2 Å². The van der Waals surface area contributed by atoms with Crippen LogP contribution < -0.4 is 11.1 Å². The first-order valence-electron chi connectivity index (χ1n) is 6.18. The van der Waals surface area contributed by atoms with Crippen molar-refractivity contribution in [2.45, 2.75) is 31.8 Å². The maximum Gasteiger partial charge on any atom is 0.237 e. The van der Waals surface area contributed by atoms with Gasteiger partial charge in [-0.2, -0.15) is 0 Å². The van der Waals surface area contributed by atoms with E-state index in [0.29, 0.717) is 13.0 Å². The summed E-state index contributed by atoms with van der Waals surface area (Å²) in [5.41, 5.74) is 6.34. The van der Waals surface area contributed by atoms with Crippen molar-refractivity contribution in [2.24, 2.45) is 5.73 Å². The number of hydrogen-bond acceptors (Lipinski definition) is 4. The predicted molar refractivity (Wildman–Crippen MR) is 73.9 cm³/mol. The number of amides is 1. The normalized spacial score (nSPS) is 13.1. The molecule has 1 rings (SSSR count). The highest BCUT2D eigenvalue weighted by molar-refractivity contribution is 5.82. The van der Waals surface area contributed by atoms with Gasteiger partial charge in [0.15, 0.2) is 0 Å². The van der Waals surface area contributed by atoms with E-state index in [1.54, 1.807) is 31.4 Å². The summed E-state index contributed by atoms with van der Waals surface area (Å²) in [5.74, 6) is -0.0156. The Balaban J connectivity index is 2.55. The molecule has 1 aromatic rings. The fourth-order valence-corrected chi connectivity index (χ4v) is 1.80. The predicted octanol–water partition coefficient (Wildman–Crippen LogP) is 0.803. The first-order chi connectivity index (χ1) is 8.84. The van der Waals surface area contributed by atoms with Crippen LogP contribution >= 0.6 is 0 Å². The monoisotopic (exact) mass is 266 g/mol. The maximum absolute atomic E-state index is 12.0. The highest BCUT2D eigenvalue weighted by Crippen LogP contribution is 2.11. The molecule has 0 saturated carbocycles. The van der Waals surface area contributed by atoms with Crippen molar-refractivity contribution >= 4 is 5.91 Å². The minimum Gasteiger partial charge on any atom is -0.508 e. The number of methoxy groups -OCH3 is 1. The van der Waals surface area contributed by atoms with Gasteiger partial charge in [-0.3, -0.25) is 4.79 Å². The number of carbonyl (C=O) groups excluding carboxylic acids is 1. The summed E-state index contributed by atoms with van der Waals surface area (Å²) in [5, 5.41) is 12.0. The van der Waals surface area contributed by atoms with E-state index in [0.717, 1.165) is 5.56 Å². The molecular formula is C14H22N2O3. The quantitative estimate of drug-likeness (QED) is 0.711. The maximum atomic E-state index is 12.0. The van der Waals surface area contributed by atoms with Crippen LogP contribution in [0.4, 0.5) is 0 Å². The Kier molecular flexibility index (Phi) is 5.32. The van der Waals surface area contributed by atoms with Gasteiger partial charge in [0, 0.05) is 7.11 Å². The minimum atomic E-state index is -0.624. The van der Waals surface area contributed by atoms with Crippen LogP contribution in [0.15, 0.2) is 24.3 Å². The summed E-state index contributed by atoms with van der Waals surface area (Å²) in [6.07, 6.45) is 0.426. The summed E-state index contributed by atoms with van der Waals surface area (Å²) in [4.78, 5) is 12.0. The lowest BCUT2D eigenvalue weighted by Gasteiger charge is -2.27. The molecule has 5 nitrogen and oxygen atoms in total. The largest absolute Gasteiger partial charge is 0.508 e. The van der Waals surface area contributed by atoms with Crippen LogP contribution in [-0.4, -0.2) is 36.3 Å². The van der Waals surface area contributed by atoms with Crippen LogP contribution in [0, 0.1) is 0 Å². The number of nitrogens with one attached hydrogen (secondary N) is 1. The van der Waals surface area contributed by atoms with Gasteiger partial charge in [0.25, 0.3) is 0 Å². The van der Waals surface area contributed by atoms with E-state index >= 15 is 0 Å². The molecule has 0 aromatic heterocycles. The number of nitrogens with two attached hydrogens (primary N) is 1. The number of benzene rings is 1. The highest BCUT2D eigenvalue weighted by atomic mass is 16.5. The Bertz CT molecular complexity index is 415. The zero-order valence-electron chi connectivity index (χ0n) is 11.6. The molecule has 0 radical (unpaired) electrons. The first kappa shape index (κ1) is 15.5. The summed E-state index contributed by atoms with van der Waals surface area (Å²) in [6, 6.07) is 6.04. The van der Waals surface area contributed by atoms with Gasteiger partial charge in [-0.15, -0.1) is 0 Å². The molecule has 0 saturated heterocycles. The molecule has 0 spiro atoms. The second-order valence-corrected chi connectivity index (χ2v) is 5.28. The van der Waals surface area contributed by atoms with Gasteiger partial charge in [-0.1, -0.05) is 12.1 Å². The summed E-state index contributed by atoms with van der Waals surface area (Å²) < 4.78 is 5.04. The van der Waals surface area contributed by atoms with Crippen molar-refractivity contribution in [3.63, 3.8) is 0 Å². The number of phenolic OH excluding ortho intramolecular Hbond substituents is 1. The molecule has 19 heavy (non-hydrogen) atoms. The lowest BCUT2D eigenvalue weighted by atomic mass is 10.0. The zero-order valence-corrected chi connectivity index (χ0v) is 11.6. The molecule has 1 amide bonds. The van der Waals surface area contributed by atoms with Gasteiger partial charge < -0.3 is 20.9 Å². The molecule has 0 aliphatic rings. The molecule has 0 bridgehead atoms. The van der Waals surface area contributed by atoms with E-state index in [1.165, 1.54) is 0 Å². The van der Waals surface area contributed by atoms with E-state index in [4.69, 9.17) is 10.5 Å². The molecule has 0 fully saturated rings. The van der Waals surface area contributed by atoms with Gasteiger partial charge in [-0.25, -0.2) is 0 Å². The molecule has 106 valence electrons. The van der Waals surface area contributed by atoms with Crippen molar-refractivity contribution in [2.75, 3.05) is 13.7 Å². The van der Waals surface area contributed by atoms with Gasteiger partial charge in [-0.05, 0) is 38.0 Å². The van der Waals surface area contributed by atoms with Crippen LogP contribution in [0.1, 0.15) is 19.4 Å². The Morgan fingerprint density at radius 3 is 2.53 bits per heavy atom. The van der Waals surface area contributed by atoms with Crippen LogP contribution in [0.3, 0.4) is 0 Å². The summed E-state index contributed by atoms with van der Waals surface area (Å²) in [6.45, 7) is 4.17. The topological polar surface area (TPSA) is 84.6 Å². The van der Waals surface area contributed by atoms with Crippen LogP contribution in [-0.2, 0) is 16.0 Å². The molecule has 5 heteroatoms. The number of aromatic hydroxyl groups is 1. The average molecular weight is 266 g/mol. The van der Waals surface area contributed by atoms with Gasteiger partial charge in [0.2, 0.25) is 5.91 Å². The highest BCUT2D eigenvalue weighted by Gasteiger charge is 2.23. The Labute approximate surface area is 113 Å². The first-order valence-corrected chi connectivity index (χ1v) is 6.18. The van der Waals surface area contributed by atoms with Crippen LogP contribution in [0.5, 0.6) is 5.75 Å². The number of ether oxygens (including phenoxy) is 1. The second-order valence-electron chi connectivity index (χ2n) is 5.28. The van der Waals surface area contributed by atoms with Crippen LogP contribution in [0.25, 0.3) is 0 Å². The summed E-state index contributed by atoms with van der Waals surface area (Å²) in [7, 11) is 1.59. The molecule has 0 aliphatic carbocycles. The third-order valence-corrected chi connectivity index (χ3v) is 2.70. The van der Waals surface area contributed by atoms with E-state index in [2.05, 4.69) is 5.32 Å². The fraction of sp³-hybridized carbons (Fsp3) is 0.500. The number of hydrogen-bond donors (Lipinski definition) is 3. The standard InChI is InChI=1S/C14H22N2O3/c1-14(2,9-19-3)16-13(18)12(15)8-10-4-6-11(17)7-5-10/h4-7,12,17H,8-9,15H2,1-3H3,(H,16,18)/t12-/m1/s1. The molecule has 4 N–H and O–H groups in total. The van der Waals surface area contributed by atoms with Gasteiger partial charge in [0.1, 0.15) is 5.75 Å².